The van der Waals surface area contributed by atoms with Crippen LogP contribution in [0.4, 0.5) is 18.3 Å². The lowest BCUT2D eigenvalue weighted by atomic mass is 10.2. The summed E-state index contributed by atoms with van der Waals surface area (Å²) in [6.45, 7) is 0.120. The van der Waals surface area contributed by atoms with Crippen LogP contribution in [0.25, 0.3) is 0 Å². The largest absolute Gasteiger partial charge is 0.471 e. The average Bonchev–Trinajstić information content (AvgIpc) is 3.05. The van der Waals surface area contributed by atoms with Gasteiger partial charge in [-0.15, -0.1) is 11.3 Å². The molecule has 0 fully saturated rings. The van der Waals surface area contributed by atoms with E-state index in [1.54, 1.807) is 5.38 Å². The van der Waals surface area contributed by atoms with Crippen LogP contribution in [0.2, 0.25) is 0 Å². The summed E-state index contributed by atoms with van der Waals surface area (Å²) >= 11 is 1.29. The third-order valence-electron chi connectivity index (χ3n) is 2.56. The van der Waals surface area contributed by atoms with Gasteiger partial charge >= 0.3 is 12.1 Å². The smallest absolute Gasteiger partial charge is 0.375 e. The first-order chi connectivity index (χ1) is 10.3. The first-order valence-electron chi connectivity index (χ1n) is 6.21. The molecular weight excluding hydrogens is 323 g/mol. The van der Waals surface area contributed by atoms with Crippen LogP contribution in [0.1, 0.15) is 23.8 Å². The summed E-state index contributed by atoms with van der Waals surface area (Å²) in [5.41, 5.74) is 6.19. The molecular formula is C11H12F3N5O2S. The predicted molar refractivity (Wildman–Crippen MR) is 70.9 cm³/mol. The zero-order valence-corrected chi connectivity index (χ0v) is 12.0. The quantitative estimate of drug-likeness (QED) is 0.827. The molecule has 0 unspecified atom stereocenters. The van der Waals surface area contributed by atoms with Crippen LogP contribution < -0.4 is 11.1 Å². The van der Waals surface area contributed by atoms with Gasteiger partial charge in [0.25, 0.3) is 0 Å². The Labute approximate surface area is 126 Å². The van der Waals surface area contributed by atoms with Gasteiger partial charge in [0.05, 0.1) is 5.69 Å². The minimum absolute atomic E-state index is 0.0506. The highest BCUT2D eigenvalue weighted by Crippen LogP contribution is 2.27. The lowest BCUT2D eigenvalue weighted by molar-refractivity contribution is -0.159. The third-order valence-corrected chi connectivity index (χ3v) is 3.28. The minimum atomic E-state index is -4.66. The van der Waals surface area contributed by atoms with Gasteiger partial charge in [-0.1, -0.05) is 5.16 Å². The topological polar surface area (TPSA) is 107 Å². The van der Waals surface area contributed by atoms with Gasteiger partial charge in [-0.05, 0) is 6.42 Å². The predicted octanol–water partition coefficient (Wildman–Crippen LogP) is 1.42. The van der Waals surface area contributed by atoms with E-state index in [-0.39, 0.29) is 31.1 Å². The Bertz CT molecular complexity index is 640. The maximum absolute atomic E-state index is 12.2. The zero-order valence-electron chi connectivity index (χ0n) is 11.2. The van der Waals surface area contributed by atoms with E-state index >= 15 is 0 Å². The summed E-state index contributed by atoms with van der Waals surface area (Å²) in [5, 5.41) is 7.96. The van der Waals surface area contributed by atoms with Crippen molar-refractivity contribution in [3.8, 4) is 0 Å². The Morgan fingerprint density at radius 1 is 1.36 bits per heavy atom. The van der Waals surface area contributed by atoms with Crippen molar-refractivity contribution in [3.63, 3.8) is 0 Å². The monoisotopic (exact) mass is 335 g/mol. The molecule has 2 heterocycles. The van der Waals surface area contributed by atoms with Gasteiger partial charge in [-0.25, -0.2) is 4.98 Å². The standard InChI is InChI=1S/C11H12F3N5O2S/c12-11(13,14)9-18-7(19-21-9)3-4-16-8(20)2-1-6-5-22-10(15)17-6/h5H,1-4H2,(H2,15,17)(H,16,20). The van der Waals surface area contributed by atoms with E-state index in [0.717, 1.165) is 5.69 Å². The highest BCUT2D eigenvalue weighted by Gasteiger charge is 2.38. The Kier molecular flexibility index (Phi) is 4.96. The van der Waals surface area contributed by atoms with Crippen molar-refractivity contribution in [2.45, 2.75) is 25.4 Å². The molecule has 0 aliphatic rings. The van der Waals surface area contributed by atoms with Gasteiger partial charge in [0, 0.05) is 24.8 Å². The molecule has 3 N–H and O–H groups in total. The van der Waals surface area contributed by atoms with Crippen LogP contribution in [0, 0.1) is 0 Å². The van der Waals surface area contributed by atoms with E-state index in [4.69, 9.17) is 5.73 Å². The number of nitrogens with one attached hydrogen (secondary N) is 1. The van der Waals surface area contributed by atoms with Gasteiger partial charge < -0.3 is 15.6 Å². The van der Waals surface area contributed by atoms with Crippen molar-refractivity contribution >= 4 is 22.4 Å². The van der Waals surface area contributed by atoms with Gasteiger partial charge in [0.2, 0.25) is 5.91 Å². The van der Waals surface area contributed by atoms with Gasteiger partial charge in [0.15, 0.2) is 11.0 Å². The molecule has 0 saturated carbocycles. The van der Waals surface area contributed by atoms with Crippen LogP contribution in [-0.2, 0) is 23.8 Å². The molecule has 11 heteroatoms. The molecule has 2 aromatic heterocycles. The molecule has 0 aliphatic carbocycles. The van der Waals surface area contributed by atoms with E-state index in [1.807, 2.05) is 0 Å². The molecule has 1 amide bonds. The Morgan fingerprint density at radius 2 is 2.14 bits per heavy atom. The summed E-state index contributed by atoms with van der Waals surface area (Å²) in [6.07, 6.45) is -3.96. The zero-order chi connectivity index (χ0) is 16.2. The molecule has 0 radical (unpaired) electrons. The van der Waals surface area contributed by atoms with Gasteiger partial charge in [0.1, 0.15) is 0 Å². The fourth-order valence-corrected chi connectivity index (χ4v) is 2.15. The molecule has 120 valence electrons. The van der Waals surface area contributed by atoms with Crippen LogP contribution in [-0.4, -0.2) is 27.6 Å². The molecule has 7 nitrogen and oxygen atoms in total. The van der Waals surface area contributed by atoms with Crippen molar-refractivity contribution in [2.75, 3.05) is 12.3 Å². The number of nitrogens with zero attached hydrogens (tertiary/aromatic N) is 3. The molecule has 0 atom stereocenters. The fraction of sp³-hybridized carbons (Fsp3) is 0.455. The Hall–Kier alpha value is -2.17. The molecule has 0 spiro atoms. The summed E-state index contributed by atoms with van der Waals surface area (Å²) in [4.78, 5) is 18.8. The number of anilines is 1. The molecule has 22 heavy (non-hydrogen) atoms. The molecule has 0 bridgehead atoms. The van der Waals surface area contributed by atoms with Crippen molar-refractivity contribution < 1.29 is 22.5 Å². The fourth-order valence-electron chi connectivity index (χ4n) is 1.55. The van der Waals surface area contributed by atoms with E-state index < -0.39 is 12.1 Å². The minimum Gasteiger partial charge on any atom is -0.375 e. The van der Waals surface area contributed by atoms with Crippen molar-refractivity contribution in [3.05, 3.63) is 22.8 Å². The summed E-state index contributed by atoms with van der Waals surface area (Å²) < 4.78 is 40.8. The van der Waals surface area contributed by atoms with Gasteiger partial charge in [-0.2, -0.15) is 18.2 Å². The number of hydrogen-bond acceptors (Lipinski definition) is 7. The lowest BCUT2D eigenvalue weighted by Gasteiger charge is -2.02. The number of carbonyl (C=O) groups excluding carboxylic acids is 1. The van der Waals surface area contributed by atoms with E-state index in [1.165, 1.54) is 11.3 Å². The van der Waals surface area contributed by atoms with Crippen molar-refractivity contribution in [1.82, 2.24) is 20.4 Å². The van der Waals surface area contributed by atoms with E-state index in [0.29, 0.717) is 11.6 Å². The average molecular weight is 335 g/mol. The number of alkyl halides is 3. The SMILES string of the molecule is Nc1nc(CCC(=O)NCCc2noc(C(F)(F)F)n2)cs1. The van der Waals surface area contributed by atoms with E-state index in [2.05, 4.69) is 25.0 Å². The number of nitrogens with two attached hydrogens (primary N) is 1. The molecule has 2 rings (SSSR count). The lowest BCUT2D eigenvalue weighted by Crippen LogP contribution is -2.26. The second-order valence-electron chi connectivity index (χ2n) is 4.29. The second-order valence-corrected chi connectivity index (χ2v) is 5.18. The Balaban J connectivity index is 1.69. The highest BCUT2D eigenvalue weighted by molar-refractivity contribution is 7.13. The Morgan fingerprint density at radius 3 is 2.73 bits per heavy atom. The van der Waals surface area contributed by atoms with Crippen molar-refractivity contribution in [2.24, 2.45) is 0 Å². The number of halogens is 3. The summed E-state index contributed by atoms with van der Waals surface area (Å²) in [5.74, 6) is -1.75. The third kappa shape index (κ3) is 4.69. The van der Waals surface area contributed by atoms with Crippen LogP contribution in [0.15, 0.2) is 9.90 Å². The van der Waals surface area contributed by atoms with E-state index in [9.17, 15) is 18.0 Å². The molecule has 0 aromatic carbocycles. The van der Waals surface area contributed by atoms with Crippen LogP contribution in [0.5, 0.6) is 0 Å². The van der Waals surface area contributed by atoms with Gasteiger partial charge in [-0.3, -0.25) is 4.79 Å². The first kappa shape index (κ1) is 16.2. The van der Waals surface area contributed by atoms with Crippen LogP contribution in [0.3, 0.4) is 0 Å². The number of nitrogen functional groups attached to an aromatic ring is 1. The number of rotatable bonds is 6. The molecule has 0 aliphatic heterocycles. The normalized spacial score (nSPS) is 11.6. The number of hydrogen-bond donors (Lipinski definition) is 2. The first-order valence-corrected chi connectivity index (χ1v) is 7.09. The summed E-state index contributed by atoms with van der Waals surface area (Å²) in [6, 6.07) is 0. The van der Waals surface area contributed by atoms with Crippen LogP contribution >= 0.6 is 11.3 Å². The highest BCUT2D eigenvalue weighted by atomic mass is 32.1. The maximum atomic E-state index is 12.2. The second kappa shape index (κ2) is 6.73. The number of aromatic nitrogens is 3. The summed E-state index contributed by atoms with van der Waals surface area (Å²) in [7, 11) is 0. The number of thiazole rings is 1. The number of amides is 1. The molecule has 2 aromatic rings. The maximum Gasteiger partial charge on any atom is 0.471 e. The number of carbonyl (C=O) groups is 1. The molecule has 0 saturated heterocycles. The number of aryl methyl sites for hydroxylation is 1. The van der Waals surface area contributed by atoms with Crippen molar-refractivity contribution in [1.29, 1.82) is 0 Å².